The molecule has 1 rings (SSSR count). The van der Waals surface area contributed by atoms with Gasteiger partial charge in [-0.2, -0.15) is 13.2 Å². The van der Waals surface area contributed by atoms with Crippen molar-refractivity contribution < 1.29 is 17.9 Å². The molecule has 1 heterocycles. The number of alkyl halides is 3. The molecule has 0 amide bonds. The van der Waals surface area contributed by atoms with Crippen LogP contribution in [0.1, 0.15) is 20.8 Å². The Morgan fingerprint density at radius 1 is 1.23 bits per heavy atom. The largest absolute Gasteiger partial charge is 0.428 e. The van der Waals surface area contributed by atoms with Crippen LogP contribution in [0.25, 0.3) is 0 Å². The molecule has 0 spiro atoms. The second-order valence-electron chi connectivity index (χ2n) is 4.34. The fourth-order valence-corrected chi connectivity index (χ4v) is 1.16. The summed E-state index contributed by atoms with van der Waals surface area (Å²) in [6.45, 7) is 5.76. The molecule has 0 aliphatic carbocycles. The molecule has 1 aliphatic rings. The van der Waals surface area contributed by atoms with Gasteiger partial charge in [0.15, 0.2) is 0 Å². The minimum Gasteiger partial charge on any atom is -0.352 e. The average Bonchev–Trinajstić information content (AvgIpc) is 2.28. The van der Waals surface area contributed by atoms with Crippen LogP contribution in [0.2, 0.25) is 0 Å². The van der Waals surface area contributed by atoms with E-state index >= 15 is 0 Å². The molecule has 1 aliphatic heterocycles. The molecule has 1 fully saturated rings. The molecule has 0 aromatic heterocycles. The number of rotatable bonds is 0. The van der Waals surface area contributed by atoms with E-state index in [2.05, 4.69) is 10.1 Å². The van der Waals surface area contributed by atoms with Crippen LogP contribution in [-0.4, -0.2) is 25.1 Å². The monoisotopic (exact) mass is 197 g/mol. The van der Waals surface area contributed by atoms with Crippen LogP contribution >= 0.6 is 0 Å². The van der Waals surface area contributed by atoms with Gasteiger partial charge in [0.2, 0.25) is 6.23 Å². The third-order valence-corrected chi connectivity index (χ3v) is 2.12. The number of hydrogen-bond acceptors (Lipinski definition) is 2. The van der Waals surface area contributed by atoms with Crippen molar-refractivity contribution in [2.24, 2.45) is 5.41 Å². The summed E-state index contributed by atoms with van der Waals surface area (Å²) in [5, 5.41) is 2.42. The molecule has 2 nitrogen and oxygen atoms in total. The Hall–Kier alpha value is -0.290. The molecule has 13 heavy (non-hydrogen) atoms. The molecule has 5 heteroatoms. The molecule has 1 N–H and O–H groups in total. The van der Waals surface area contributed by atoms with Crippen molar-refractivity contribution in [1.82, 2.24) is 5.32 Å². The van der Waals surface area contributed by atoms with Gasteiger partial charge in [-0.05, 0) is 5.41 Å². The molecular formula is C8H14F3NO. The number of ether oxygens (including phenoxy) is 1. The van der Waals surface area contributed by atoms with E-state index in [1.54, 1.807) is 0 Å². The Morgan fingerprint density at radius 2 is 1.77 bits per heavy atom. The predicted octanol–water partition coefficient (Wildman–Crippen LogP) is 1.91. The van der Waals surface area contributed by atoms with Gasteiger partial charge in [0.25, 0.3) is 0 Å². The summed E-state index contributed by atoms with van der Waals surface area (Å²) in [5.74, 6) is 0. The van der Waals surface area contributed by atoms with Crippen molar-refractivity contribution in [3.05, 3.63) is 0 Å². The van der Waals surface area contributed by atoms with E-state index < -0.39 is 12.4 Å². The second kappa shape index (κ2) is 3.13. The average molecular weight is 197 g/mol. The van der Waals surface area contributed by atoms with E-state index in [0.717, 1.165) is 0 Å². The highest BCUT2D eigenvalue weighted by molar-refractivity contribution is 4.87. The van der Waals surface area contributed by atoms with Crippen LogP contribution < -0.4 is 5.32 Å². The van der Waals surface area contributed by atoms with E-state index in [0.29, 0.717) is 0 Å². The quantitative estimate of drug-likeness (QED) is 0.640. The van der Waals surface area contributed by atoms with Crippen LogP contribution in [-0.2, 0) is 4.74 Å². The van der Waals surface area contributed by atoms with Crippen molar-refractivity contribution in [3.8, 4) is 0 Å². The van der Waals surface area contributed by atoms with Gasteiger partial charge >= 0.3 is 6.18 Å². The Kier molecular flexibility index (Phi) is 2.60. The molecule has 2 unspecified atom stereocenters. The number of nitrogens with one attached hydrogen (secondary N) is 1. The Bertz CT molecular complexity index is 165. The van der Waals surface area contributed by atoms with Crippen molar-refractivity contribution in [2.45, 2.75) is 39.2 Å². The van der Waals surface area contributed by atoms with Gasteiger partial charge in [-0.3, -0.25) is 5.32 Å². The minimum atomic E-state index is -4.31. The first-order valence-corrected chi connectivity index (χ1v) is 4.15. The highest BCUT2D eigenvalue weighted by Crippen LogP contribution is 2.30. The van der Waals surface area contributed by atoms with Gasteiger partial charge in [-0.15, -0.1) is 0 Å². The highest BCUT2D eigenvalue weighted by Gasteiger charge is 2.47. The molecule has 78 valence electrons. The highest BCUT2D eigenvalue weighted by atomic mass is 19.4. The molecule has 0 bridgehead atoms. The maximum atomic E-state index is 12.1. The minimum absolute atomic E-state index is 0.119. The third-order valence-electron chi connectivity index (χ3n) is 2.12. The molecule has 0 saturated carbocycles. The second-order valence-corrected chi connectivity index (χ2v) is 4.34. The zero-order valence-corrected chi connectivity index (χ0v) is 7.90. The Balaban J connectivity index is 2.55. The van der Waals surface area contributed by atoms with Gasteiger partial charge in [-0.25, -0.2) is 0 Å². The van der Waals surface area contributed by atoms with Crippen LogP contribution in [0.4, 0.5) is 13.2 Å². The SMILES string of the molecule is CC(C)(C)C1COC(C(F)(F)F)N1. The van der Waals surface area contributed by atoms with Crippen LogP contribution in [0, 0.1) is 5.41 Å². The maximum absolute atomic E-state index is 12.1. The lowest BCUT2D eigenvalue weighted by atomic mass is 9.88. The van der Waals surface area contributed by atoms with Gasteiger partial charge in [0.05, 0.1) is 6.61 Å². The first kappa shape index (κ1) is 10.8. The molecule has 1 saturated heterocycles. The summed E-state index contributed by atoms with van der Waals surface area (Å²) >= 11 is 0. The zero-order chi connectivity index (χ0) is 10.3. The lowest BCUT2D eigenvalue weighted by Gasteiger charge is -2.26. The fourth-order valence-electron chi connectivity index (χ4n) is 1.16. The van der Waals surface area contributed by atoms with Gasteiger partial charge in [0.1, 0.15) is 0 Å². The number of halogens is 3. The van der Waals surface area contributed by atoms with Crippen molar-refractivity contribution in [1.29, 1.82) is 0 Å². The van der Waals surface area contributed by atoms with E-state index in [-0.39, 0.29) is 18.1 Å². The molecule has 2 atom stereocenters. The molecular weight excluding hydrogens is 183 g/mol. The van der Waals surface area contributed by atoms with Crippen molar-refractivity contribution in [2.75, 3.05) is 6.61 Å². The standard InChI is InChI=1S/C8H14F3NO/c1-7(2,3)5-4-13-6(12-5)8(9,10)11/h5-6,12H,4H2,1-3H3. The maximum Gasteiger partial charge on any atom is 0.428 e. The summed E-state index contributed by atoms with van der Waals surface area (Å²) in [4.78, 5) is 0. The summed E-state index contributed by atoms with van der Waals surface area (Å²) in [7, 11) is 0. The topological polar surface area (TPSA) is 21.3 Å². The number of hydrogen-bond donors (Lipinski definition) is 1. The lowest BCUT2D eigenvalue weighted by Crippen LogP contribution is -2.45. The molecule has 0 radical (unpaired) electrons. The van der Waals surface area contributed by atoms with E-state index in [1.165, 1.54) is 0 Å². The van der Waals surface area contributed by atoms with Gasteiger partial charge < -0.3 is 4.74 Å². The summed E-state index contributed by atoms with van der Waals surface area (Å²) in [6.07, 6.45) is -6.10. The Morgan fingerprint density at radius 3 is 2.00 bits per heavy atom. The van der Waals surface area contributed by atoms with Gasteiger partial charge in [0, 0.05) is 6.04 Å². The van der Waals surface area contributed by atoms with Crippen molar-refractivity contribution >= 4 is 0 Å². The summed E-state index contributed by atoms with van der Waals surface area (Å²) in [6, 6.07) is -0.237. The van der Waals surface area contributed by atoms with E-state index in [1.807, 2.05) is 20.8 Å². The molecule has 0 aromatic rings. The van der Waals surface area contributed by atoms with Crippen molar-refractivity contribution in [3.63, 3.8) is 0 Å². The fraction of sp³-hybridized carbons (Fsp3) is 1.00. The summed E-state index contributed by atoms with van der Waals surface area (Å²) in [5.41, 5.74) is -0.208. The van der Waals surface area contributed by atoms with Crippen LogP contribution in [0.5, 0.6) is 0 Å². The third kappa shape index (κ3) is 2.57. The van der Waals surface area contributed by atoms with Crippen LogP contribution in [0.15, 0.2) is 0 Å². The van der Waals surface area contributed by atoms with E-state index in [9.17, 15) is 13.2 Å². The lowest BCUT2D eigenvalue weighted by molar-refractivity contribution is -0.212. The van der Waals surface area contributed by atoms with E-state index in [4.69, 9.17) is 0 Å². The Labute approximate surface area is 75.4 Å². The first-order chi connectivity index (χ1) is 5.71. The van der Waals surface area contributed by atoms with Gasteiger partial charge in [-0.1, -0.05) is 20.8 Å². The first-order valence-electron chi connectivity index (χ1n) is 4.15. The predicted molar refractivity (Wildman–Crippen MR) is 42.2 cm³/mol. The smallest absolute Gasteiger partial charge is 0.352 e. The van der Waals surface area contributed by atoms with Crippen LogP contribution in [0.3, 0.4) is 0 Å². The summed E-state index contributed by atoms with van der Waals surface area (Å²) < 4.78 is 41.0. The molecule has 0 aromatic carbocycles. The zero-order valence-electron chi connectivity index (χ0n) is 7.90. The normalized spacial score (nSPS) is 30.9.